The highest BCUT2D eigenvalue weighted by Gasteiger charge is 2.53. The molecule has 3 nitrogen and oxygen atoms in total. The molecule has 5 rings (SSSR count). The number of carbonyl (C=O) groups is 1. The summed E-state index contributed by atoms with van der Waals surface area (Å²) in [6, 6.07) is 0.747. The van der Waals surface area contributed by atoms with Crippen LogP contribution < -0.4 is 5.32 Å². The maximum atomic E-state index is 12.2. The maximum Gasteiger partial charge on any atom is 0.318 e. The summed E-state index contributed by atoms with van der Waals surface area (Å²) in [5.74, 6) is 3.59. The Labute approximate surface area is 109 Å². The van der Waals surface area contributed by atoms with Crippen molar-refractivity contribution in [2.45, 2.75) is 57.5 Å². The second-order valence-electron chi connectivity index (χ2n) is 7.86. The molecule has 0 spiro atoms. The summed E-state index contributed by atoms with van der Waals surface area (Å²) in [6.07, 6.45) is 7.05. The van der Waals surface area contributed by atoms with Crippen molar-refractivity contribution in [1.82, 2.24) is 10.2 Å². The molecule has 2 amide bonds. The van der Waals surface area contributed by atoms with Gasteiger partial charge in [0.25, 0.3) is 0 Å². The normalized spacial score (nSPS) is 48.7. The maximum absolute atomic E-state index is 12.2. The minimum absolute atomic E-state index is 0.0360. The Hall–Kier alpha value is -0.730. The van der Waals surface area contributed by atoms with E-state index in [9.17, 15) is 4.79 Å². The highest BCUT2D eigenvalue weighted by atomic mass is 16.2. The molecule has 0 aromatic heterocycles. The van der Waals surface area contributed by atoms with Crippen LogP contribution in [0, 0.1) is 23.7 Å². The van der Waals surface area contributed by atoms with Gasteiger partial charge in [0, 0.05) is 12.6 Å². The van der Waals surface area contributed by atoms with Gasteiger partial charge in [-0.3, -0.25) is 0 Å². The van der Waals surface area contributed by atoms with E-state index in [4.69, 9.17) is 0 Å². The van der Waals surface area contributed by atoms with Crippen molar-refractivity contribution in [3.8, 4) is 0 Å². The summed E-state index contributed by atoms with van der Waals surface area (Å²) >= 11 is 0. The van der Waals surface area contributed by atoms with Gasteiger partial charge in [0.15, 0.2) is 0 Å². The van der Waals surface area contributed by atoms with Crippen molar-refractivity contribution < 1.29 is 4.79 Å². The van der Waals surface area contributed by atoms with Gasteiger partial charge in [-0.05, 0) is 69.6 Å². The van der Waals surface area contributed by atoms with Crippen LogP contribution in [-0.2, 0) is 0 Å². The van der Waals surface area contributed by atoms with E-state index < -0.39 is 0 Å². The minimum Gasteiger partial charge on any atom is -0.331 e. The van der Waals surface area contributed by atoms with Gasteiger partial charge in [-0.2, -0.15) is 0 Å². The van der Waals surface area contributed by atoms with Crippen molar-refractivity contribution in [3.05, 3.63) is 0 Å². The van der Waals surface area contributed by atoms with Gasteiger partial charge < -0.3 is 10.2 Å². The lowest BCUT2D eigenvalue weighted by Gasteiger charge is -2.56. The zero-order valence-corrected chi connectivity index (χ0v) is 11.5. The lowest BCUT2D eigenvalue weighted by molar-refractivity contribution is -0.0479. The predicted octanol–water partition coefficient (Wildman–Crippen LogP) is 2.61. The molecule has 1 saturated heterocycles. The number of rotatable bonds is 1. The molecule has 1 heterocycles. The molecule has 4 saturated carbocycles. The van der Waals surface area contributed by atoms with Crippen LogP contribution in [-0.4, -0.2) is 29.1 Å². The first-order valence-electron chi connectivity index (χ1n) is 7.60. The molecule has 1 N–H and O–H groups in total. The van der Waals surface area contributed by atoms with Crippen LogP contribution in [0.2, 0.25) is 0 Å². The summed E-state index contributed by atoms with van der Waals surface area (Å²) < 4.78 is 0. The number of hydrogen-bond acceptors (Lipinski definition) is 1. The summed E-state index contributed by atoms with van der Waals surface area (Å²) in [4.78, 5) is 14.4. The molecule has 3 heteroatoms. The van der Waals surface area contributed by atoms with Crippen molar-refractivity contribution in [2.75, 3.05) is 6.54 Å². The van der Waals surface area contributed by atoms with Crippen LogP contribution in [0.15, 0.2) is 0 Å². The van der Waals surface area contributed by atoms with Crippen molar-refractivity contribution in [3.63, 3.8) is 0 Å². The number of hydrogen-bond donors (Lipinski definition) is 1. The van der Waals surface area contributed by atoms with Crippen molar-refractivity contribution >= 4 is 6.03 Å². The Kier molecular flexibility index (Phi) is 2.12. The second kappa shape index (κ2) is 3.43. The molecule has 0 aromatic carbocycles. The summed E-state index contributed by atoms with van der Waals surface area (Å²) in [5.41, 5.74) is -0.0360. The highest BCUT2D eigenvalue weighted by Crippen LogP contribution is 2.55. The fourth-order valence-electron chi connectivity index (χ4n) is 5.54. The average molecular weight is 248 g/mol. The first-order valence-corrected chi connectivity index (χ1v) is 7.60. The van der Waals surface area contributed by atoms with E-state index in [-0.39, 0.29) is 11.6 Å². The molecule has 0 radical (unpaired) electrons. The Morgan fingerprint density at radius 1 is 1.06 bits per heavy atom. The first-order chi connectivity index (χ1) is 8.52. The third-order valence-electron chi connectivity index (χ3n) is 5.81. The molecule has 4 aliphatic carbocycles. The third kappa shape index (κ3) is 1.52. The van der Waals surface area contributed by atoms with E-state index in [1.165, 1.54) is 32.1 Å². The fourth-order valence-corrected chi connectivity index (χ4v) is 5.54. The highest BCUT2D eigenvalue weighted by molar-refractivity contribution is 5.78. The second-order valence-corrected chi connectivity index (χ2v) is 7.86. The van der Waals surface area contributed by atoms with E-state index in [1.807, 2.05) is 0 Å². The van der Waals surface area contributed by atoms with Gasteiger partial charge in [0.05, 0.1) is 5.54 Å². The van der Waals surface area contributed by atoms with E-state index >= 15 is 0 Å². The average Bonchev–Trinajstić information content (AvgIpc) is 2.50. The molecule has 5 aliphatic rings. The zero-order valence-electron chi connectivity index (χ0n) is 11.5. The SMILES string of the molecule is CC1(C)CN(C2C3CC4CC(C3)CC2C4)C(=O)N1. The molecule has 4 bridgehead atoms. The van der Waals surface area contributed by atoms with Gasteiger partial charge in [0.2, 0.25) is 0 Å². The predicted molar refractivity (Wildman–Crippen MR) is 70.1 cm³/mol. The van der Waals surface area contributed by atoms with Gasteiger partial charge >= 0.3 is 6.03 Å². The monoisotopic (exact) mass is 248 g/mol. The van der Waals surface area contributed by atoms with Crippen LogP contribution in [0.25, 0.3) is 0 Å². The van der Waals surface area contributed by atoms with Crippen LogP contribution >= 0.6 is 0 Å². The van der Waals surface area contributed by atoms with Crippen LogP contribution in [0.5, 0.6) is 0 Å². The molecular weight excluding hydrogens is 224 g/mol. The number of amides is 2. The number of urea groups is 1. The minimum atomic E-state index is -0.0360. The lowest BCUT2D eigenvalue weighted by Crippen LogP contribution is -2.56. The molecule has 100 valence electrons. The Morgan fingerprint density at radius 3 is 2.06 bits per heavy atom. The molecule has 0 unspecified atom stereocenters. The van der Waals surface area contributed by atoms with Crippen LogP contribution in [0.1, 0.15) is 46.0 Å². The number of carbonyl (C=O) groups excluding carboxylic acids is 1. The topological polar surface area (TPSA) is 32.3 Å². The molecule has 1 aliphatic heterocycles. The van der Waals surface area contributed by atoms with E-state index in [0.717, 1.165) is 30.2 Å². The molecule has 0 atom stereocenters. The van der Waals surface area contributed by atoms with Gasteiger partial charge in [0.1, 0.15) is 0 Å². The first kappa shape index (κ1) is 11.1. The number of nitrogens with zero attached hydrogens (tertiary/aromatic N) is 1. The van der Waals surface area contributed by atoms with E-state index in [2.05, 4.69) is 24.1 Å². The number of nitrogens with one attached hydrogen (secondary N) is 1. The van der Waals surface area contributed by atoms with Crippen LogP contribution in [0.3, 0.4) is 0 Å². The molecule has 18 heavy (non-hydrogen) atoms. The van der Waals surface area contributed by atoms with E-state index in [1.54, 1.807) is 0 Å². The zero-order chi connectivity index (χ0) is 12.5. The Balaban J connectivity index is 1.60. The largest absolute Gasteiger partial charge is 0.331 e. The summed E-state index contributed by atoms with van der Waals surface area (Å²) in [6.45, 7) is 5.18. The van der Waals surface area contributed by atoms with Gasteiger partial charge in [-0.1, -0.05) is 0 Å². The summed E-state index contributed by atoms with van der Waals surface area (Å²) in [5, 5.41) is 3.14. The third-order valence-corrected chi connectivity index (χ3v) is 5.81. The Bertz CT molecular complexity index is 362. The van der Waals surface area contributed by atoms with E-state index in [0.29, 0.717) is 6.04 Å². The Morgan fingerprint density at radius 2 is 1.61 bits per heavy atom. The van der Waals surface area contributed by atoms with Gasteiger partial charge in [-0.15, -0.1) is 0 Å². The standard InChI is InChI=1S/C15H24N2O/c1-15(2)8-17(14(18)16-15)13-11-4-9-3-10(6-11)7-12(13)5-9/h9-13H,3-8H2,1-2H3,(H,16,18). The summed E-state index contributed by atoms with van der Waals surface area (Å²) in [7, 11) is 0. The fraction of sp³-hybridized carbons (Fsp3) is 0.933. The van der Waals surface area contributed by atoms with Crippen molar-refractivity contribution in [1.29, 1.82) is 0 Å². The van der Waals surface area contributed by atoms with Gasteiger partial charge in [-0.25, -0.2) is 4.79 Å². The quantitative estimate of drug-likeness (QED) is 0.760. The van der Waals surface area contributed by atoms with Crippen LogP contribution in [0.4, 0.5) is 4.79 Å². The lowest BCUT2D eigenvalue weighted by atomic mass is 9.54. The molecule has 0 aromatic rings. The molecule has 5 fully saturated rings. The van der Waals surface area contributed by atoms with Crippen molar-refractivity contribution in [2.24, 2.45) is 23.7 Å². The smallest absolute Gasteiger partial charge is 0.318 e. The molecular formula is C15H24N2O.